The standard InChI is InChI=1S/C19H17FN4O/c1-13-3-2-4-16(9-13)24-18-12-21-17(11-22-18)19(25)23-10-14-5-7-15(20)8-6-14/h2-9,11-12H,10H2,1H3,(H,22,24)(H,23,25). The predicted octanol–water partition coefficient (Wildman–Crippen LogP) is 3.60. The highest BCUT2D eigenvalue weighted by Gasteiger charge is 2.08. The fraction of sp³-hybridized carbons (Fsp3) is 0.105. The molecule has 0 fully saturated rings. The Morgan fingerprint density at radius 1 is 1.08 bits per heavy atom. The summed E-state index contributed by atoms with van der Waals surface area (Å²) in [7, 11) is 0. The van der Waals surface area contributed by atoms with E-state index in [4.69, 9.17) is 0 Å². The lowest BCUT2D eigenvalue weighted by Gasteiger charge is -2.07. The lowest BCUT2D eigenvalue weighted by molar-refractivity contribution is 0.0945. The molecular formula is C19H17FN4O. The Bertz CT molecular complexity index is 863. The molecule has 0 unspecified atom stereocenters. The van der Waals surface area contributed by atoms with Crippen molar-refractivity contribution in [3.63, 3.8) is 0 Å². The molecule has 5 nitrogen and oxygen atoms in total. The molecule has 126 valence electrons. The van der Waals surface area contributed by atoms with Gasteiger partial charge in [0.25, 0.3) is 5.91 Å². The molecule has 0 bridgehead atoms. The van der Waals surface area contributed by atoms with Crippen molar-refractivity contribution in [2.45, 2.75) is 13.5 Å². The highest BCUT2D eigenvalue weighted by atomic mass is 19.1. The lowest BCUT2D eigenvalue weighted by Crippen LogP contribution is -2.24. The molecule has 6 heteroatoms. The van der Waals surface area contributed by atoms with Crippen molar-refractivity contribution in [3.05, 3.63) is 83.6 Å². The Labute approximate surface area is 145 Å². The van der Waals surface area contributed by atoms with Crippen LogP contribution in [-0.2, 0) is 6.54 Å². The first-order chi connectivity index (χ1) is 12.1. The molecule has 0 aliphatic heterocycles. The van der Waals surface area contributed by atoms with Crippen LogP contribution in [0.5, 0.6) is 0 Å². The molecule has 0 atom stereocenters. The molecular weight excluding hydrogens is 319 g/mol. The molecule has 0 spiro atoms. The van der Waals surface area contributed by atoms with E-state index in [9.17, 15) is 9.18 Å². The summed E-state index contributed by atoms with van der Waals surface area (Å²) in [6.45, 7) is 2.30. The minimum Gasteiger partial charge on any atom is -0.347 e. The van der Waals surface area contributed by atoms with Gasteiger partial charge < -0.3 is 10.6 Å². The smallest absolute Gasteiger partial charge is 0.271 e. The van der Waals surface area contributed by atoms with Gasteiger partial charge in [-0.05, 0) is 42.3 Å². The van der Waals surface area contributed by atoms with Crippen molar-refractivity contribution < 1.29 is 9.18 Å². The number of aromatic nitrogens is 2. The van der Waals surface area contributed by atoms with Crippen molar-refractivity contribution in [1.82, 2.24) is 15.3 Å². The average Bonchev–Trinajstić information content (AvgIpc) is 2.62. The predicted molar refractivity (Wildman–Crippen MR) is 94.1 cm³/mol. The number of hydrogen-bond acceptors (Lipinski definition) is 4. The lowest BCUT2D eigenvalue weighted by atomic mass is 10.2. The molecule has 1 aromatic heterocycles. The Morgan fingerprint density at radius 3 is 2.56 bits per heavy atom. The topological polar surface area (TPSA) is 66.9 Å². The molecule has 0 radical (unpaired) electrons. The monoisotopic (exact) mass is 336 g/mol. The van der Waals surface area contributed by atoms with Crippen LogP contribution in [0.15, 0.2) is 60.9 Å². The minimum atomic E-state index is -0.334. The summed E-state index contributed by atoms with van der Waals surface area (Å²) in [5.41, 5.74) is 3.06. The maximum Gasteiger partial charge on any atom is 0.271 e. The Hall–Kier alpha value is -3.28. The van der Waals surface area contributed by atoms with E-state index in [1.165, 1.54) is 24.5 Å². The number of nitrogens with zero attached hydrogens (tertiary/aromatic N) is 2. The molecule has 25 heavy (non-hydrogen) atoms. The van der Waals surface area contributed by atoms with Crippen molar-refractivity contribution >= 4 is 17.4 Å². The second-order valence-corrected chi connectivity index (χ2v) is 5.59. The molecule has 2 aromatic carbocycles. The highest BCUT2D eigenvalue weighted by Crippen LogP contribution is 2.14. The molecule has 3 aromatic rings. The highest BCUT2D eigenvalue weighted by molar-refractivity contribution is 5.92. The van der Waals surface area contributed by atoms with Gasteiger partial charge in [0.05, 0.1) is 12.4 Å². The zero-order chi connectivity index (χ0) is 17.6. The SMILES string of the molecule is Cc1cccc(Nc2cnc(C(=O)NCc3ccc(F)cc3)cn2)c1. The van der Waals surface area contributed by atoms with Crippen LogP contribution >= 0.6 is 0 Å². The third-order valence-electron chi connectivity index (χ3n) is 3.54. The molecule has 1 heterocycles. The largest absolute Gasteiger partial charge is 0.347 e. The van der Waals surface area contributed by atoms with Gasteiger partial charge in [0.1, 0.15) is 17.3 Å². The Balaban J connectivity index is 1.59. The van der Waals surface area contributed by atoms with Crippen molar-refractivity contribution in [2.24, 2.45) is 0 Å². The van der Waals surface area contributed by atoms with Crippen LogP contribution in [0, 0.1) is 12.7 Å². The number of carbonyl (C=O) groups excluding carboxylic acids is 1. The third kappa shape index (κ3) is 4.60. The average molecular weight is 336 g/mol. The molecule has 2 N–H and O–H groups in total. The maximum atomic E-state index is 12.9. The van der Waals surface area contributed by atoms with Crippen molar-refractivity contribution in [3.8, 4) is 0 Å². The molecule has 0 aliphatic carbocycles. The number of anilines is 2. The summed E-state index contributed by atoms with van der Waals surface area (Å²) >= 11 is 0. The number of halogens is 1. The van der Waals surface area contributed by atoms with E-state index in [0.717, 1.165) is 16.8 Å². The van der Waals surface area contributed by atoms with Gasteiger partial charge in [0.2, 0.25) is 0 Å². The first-order valence-corrected chi connectivity index (χ1v) is 7.78. The number of rotatable bonds is 5. The van der Waals surface area contributed by atoms with E-state index < -0.39 is 0 Å². The number of aryl methyl sites for hydroxylation is 1. The van der Waals surface area contributed by atoms with E-state index in [0.29, 0.717) is 12.4 Å². The second-order valence-electron chi connectivity index (χ2n) is 5.59. The van der Waals surface area contributed by atoms with Crippen LogP contribution in [-0.4, -0.2) is 15.9 Å². The Morgan fingerprint density at radius 2 is 1.88 bits per heavy atom. The van der Waals surface area contributed by atoms with Gasteiger partial charge in [-0.15, -0.1) is 0 Å². The quantitative estimate of drug-likeness (QED) is 0.747. The van der Waals surface area contributed by atoms with E-state index in [2.05, 4.69) is 20.6 Å². The first kappa shape index (κ1) is 16.6. The summed E-state index contributed by atoms with van der Waals surface area (Å²) in [5, 5.41) is 5.86. The van der Waals surface area contributed by atoms with Gasteiger partial charge in [-0.25, -0.2) is 14.4 Å². The molecule has 0 aliphatic rings. The summed E-state index contributed by atoms with van der Waals surface area (Å²) in [6, 6.07) is 13.8. The van der Waals surface area contributed by atoms with E-state index in [-0.39, 0.29) is 17.4 Å². The third-order valence-corrected chi connectivity index (χ3v) is 3.54. The normalized spacial score (nSPS) is 10.3. The van der Waals surface area contributed by atoms with Crippen LogP contribution in [0.2, 0.25) is 0 Å². The van der Waals surface area contributed by atoms with Gasteiger partial charge in [0.15, 0.2) is 0 Å². The molecule has 3 rings (SSSR count). The summed E-state index contributed by atoms with van der Waals surface area (Å²) < 4.78 is 12.9. The maximum absolute atomic E-state index is 12.9. The van der Waals surface area contributed by atoms with E-state index in [1.54, 1.807) is 12.1 Å². The molecule has 0 saturated carbocycles. The number of carbonyl (C=O) groups is 1. The zero-order valence-electron chi connectivity index (χ0n) is 13.7. The van der Waals surface area contributed by atoms with Gasteiger partial charge in [-0.1, -0.05) is 24.3 Å². The van der Waals surface area contributed by atoms with E-state index in [1.807, 2.05) is 31.2 Å². The summed E-state index contributed by atoms with van der Waals surface area (Å²) in [6.07, 6.45) is 2.92. The summed E-state index contributed by atoms with van der Waals surface area (Å²) in [5.74, 6) is -0.0859. The fourth-order valence-electron chi connectivity index (χ4n) is 2.26. The fourth-order valence-corrected chi connectivity index (χ4v) is 2.26. The van der Waals surface area contributed by atoms with Crippen LogP contribution in [0.25, 0.3) is 0 Å². The van der Waals surface area contributed by atoms with E-state index >= 15 is 0 Å². The minimum absolute atomic E-state index is 0.219. The van der Waals surface area contributed by atoms with Gasteiger partial charge >= 0.3 is 0 Å². The van der Waals surface area contributed by atoms with Crippen LogP contribution in [0.1, 0.15) is 21.6 Å². The van der Waals surface area contributed by atoms with Crippen LogP contribution in [0.3, 0.4) is 0 Å². The van der Waals surface area contributed by atoms with Crippen molar-refractivity contribution in [1.29, 1.82) is 0 Å². The number of benzene rings is 2. The summed E-state index contributed by atoms with van der Waals surface area (Å²) in [4.78, 5) is 20.4. The Kier molecular flexibility index (Phi) is 4.99. The first-order valence-electron chi connectivity index (χ1n) is 7.78. The number of hydrogen-bond donors (Lipinski definition) is 2. The number of amides is 1. The zero-order valence-corrected chi connectivity index (χ0v) is 13.7. The molecule has 1 amide bonds. The molecule has 0 saturated heterocycles. The van der Waals surface area contributed by atoms with Crippen molar-refractivity contribution in [2.75, 3.05) is 5.32 Å². The second kappa shape index (κ2) is 7.53. The van der Waals surface area contributed by atoms with Gasteiger partial charge in [-0.2, -0.15) is 0 Å². The van der Waals surface area contributed by atoms with Gasteiger partial charge in [0, 0.05) is 12.2 Å². The van der Waals surface area contributed by atoms with Gasteiger partial charge in [-0.3, -0.25) is 4.79 Å². The van der Waals surface area contributed by atoms with Crippen LogP contribution in [0.4, 0.5) is 15.9 Å². The number of nitrogens with one attached hydrogen (secondary N) is 2. The van der Waals surface area contributed by atoms with Crippen LogP contribution < -0.4 is 10.6 Å².